The molecule has 1 fully saturated rings. The summed E-state index contributed by atoms with van der Waals surface area (Å²) in [5.74, 6) is 1.73. The number of hydrogen-bond acceptors (Lipinski definition) is 6. The topological polar surface area (TPSA) is 65.3 Å². The summed E-state index contributed by atoms with van der Waals surface area (Å²) in [5.41, 5.74) is 2.40. The first-order chi connectivity index (χ1) is 11.3. The highest BCUT2D eigenvalue weighted by atomic mass is 16.5. The van der Waals surface area contributed by atoms with E-state index in [4.69, 9.17) is 9.47 Å². The maximum atomic E-state index is 5.50. The van der Waals surface area contributed by atoms with Gasteiger partial charge in [0.05, 0.1) is 20.3 Å². The van der Waals surface area contributed by atoms with Gasteiger partial charge in [0, 0.05) is 19.7 Å². The summed E-state index contributed by atoms with van der Waals surface area (Å²) in [4.78, 5) is 2.19. The minimum atomic E-state index is 0.721. The van der Waals surface area contributed by atoms with Gasteiger partial charge in [-0.15, -0.1) is 0 Å². The molecular formula is C16H23N5O2. The van der Waals surface area contributed by atoms with E-state index in [-0.39, 0.29) is 0 Å². The Balaban J connectivity index is 1.72. The highest BCUT2D eigenvalue weighted by Gasteiger charge is 2.17. The van der Waals surface area contributed by atoms with E-state index in [1.54, 1.807) is 7.11 Å². The summed E-state index contributed by atoms with van der Waals surface area (Å²) in [5, 5.41) is 12.2. The number of aryl methyl sites for hydroxylation is 3. The molecular weight excluding hydrogens is 294 g/mol. The Morgan fingerprint density at radius 3 is 3.04 bits per heavy atom. The van der Waals surface area contributed by atoms with Crippen molar-refractivity contribution in [1.82, 2.24) is 20.2 Å². The molecule has 1 aliphatic heterocycles. The van der Waals surface area contributed by atoms with E-state index >= 15 is 0 Å². The molecule has 124 valence electrons. The molecule has 3 rings (SSSR count). The van der Waals surface area contributed by atoms with Crippen LogP contribution in [0.3, 0.4) is 0 Å². The highest BCUT2D eigenvalue weighted by Crippen LogP contribution is 2.21. The fraction of sp³-hybridized carbons (Fsp3) is 0.562. The van der Waals surface area contributed by atoms with Crippen molar-refractivity contribution >= 4 is 5.95 Å². The van der Waals surface area contributed by atoms with E-state index in [2.05, 4.69) is 39.5 Å². The van der Waals surface area contributed by atoms with Crippen LogP contribution in [0.1, 0.15) is 17.5 Å². The van der Waals surface area contributed by atoms with Gasteiger partial charge in [-0.3, -0.25) is 0 Å². The van der Waals surface area contributed by atoms with Crippen LogP contribution in [0.25, 0.3) is 0 Å². The SMILES string of the molecule is COc1ccc(C)cc1CCn1nnnc1N1CCCOCC1. The standard InChI is InChI=1S/C16H23N5O2/c1-13-4-5-15(22-2)14(12-13)6-8-21-16(17-18-19-21)20-7-3-10-23-11-9-20/h4-5,12H,3,6-11H2,1-2H3. The first-order valence-corrected chi connectivity index (χ1v) is 8.00. The zero-order valence-corrected chi connectivity index (χ0v) is 13.7. The van der Waals surface area contributed by atoms with Crippen LogP contribution in [0.2, 0.25) is 0 Å². The van der Waals surface area contributed by atoms with Gasteiger partial charge in [0.2, 0.25) is 5.95 Å². The van der Waals surface area contributed by atoms with E-state index in [0.717, 1.165) is 57.4 Å². The fourth-order valence-corrected chi connectivity index (χ4v) is 2.85. The van der Waals surface area contributed by atoms with Gasteiger partial charge < -0.3 is 14.4 Å². The summed E-state index contributed by atoms with van der Waals surface area (Å²) >= 11 is 0. The lowest BCUT2D eigenvalue weighted by atomic mass is 10.1. The first-order valence-electron chi connectivity index (χ1n) is 8.00. The molecule has 0 aliphatic carbocycles. The average molecular weight is 317 g/mol. The smallest absolute Gasteiger partial charge is 0.245 e. The Morgan fingerprint density at radius 1 is 1.26 bits per heavy atom. The third-order valence-electron chi connectivity index (χ3n) is 4.05. The predicted molar refractivity (Wildman–Crippen MR) is 86.9 cm³/mol. The minimum Gasteiger partial charge on any atom is -0.496 e. The fourth-order valence-electron chi connectivity index (χ4n) is 2.85. The van der Waals surface area contributed by atoms with Crippen LogP contribution in [0.15, 0.2) is 18.2 Å². The van der Waals surface area contributed by atoms with E-state index in [1.165, 1.54) is 11.1 Å². The van der Waals surface area contributed by atoms with Gasteiger partial charge in [-0.25, -0.2) is 4.68 Å². The zero-order valence-electron chi connectivity index (χ0n) is 13.7. The molecule has 1 saturated heterocycles. The molecule has 1 aliphatic rings. The lowest BCUT2D eigenvalue weighted by Gasteiger charge is -2.20. The molecule has 7 heteroatoms. The van der Waals surface area contributed by atoms with E-state index in [9.17, 15) is 0 Å². The number of benzene rings is 1. The second-order valence-electron chi connectivity index (χ2n) is 5.72. The van der Waals surface area contributed by atoms with Gasteiger partial charge in [0.25, 0.3) is 0 Å². The number of nitrogens with zero attached hydrogens (tertiary/aromatic N) is 5. The van der Waals surface area contributed by atoms with Crippen LogP contribution >= 0.6 is 0 Å². The summed E-state index contributed by atoms with van der Waals surface area (Å²) in [6, 6.07) is 6.22. The summed E-state index contributed by atoms with van der Waals surface area (Å²) in [6.45, 7) is 6.08. The average Bonchev–Trinajstić information content (AvgIpc) is 2.86. The third kappa shape index (κ3) is 3.79. The van der Waals surface area contributed by atoms with Crippen LogP contribution in [-0.4, -0.2) is 53.6 Å². The number of hydrogen-bond donors (Lipinski definition) is 0. The molecule has 0 saturated carbocycles. The van der Waals surface area contributed by atoms with Crippen molar-refractivity contribution in [3.8, 4) is 5.75 Å². The molecule has 1 aromatic carbocycles. The molecule has 0 unspecified atom stereocenters. The van der Waals surface area contributed by atoms with Crippen molar-refractivity contribution < 1.29 is 9.47 Å². The van der Waals surface area contributed by atoms with Crippen molar-refractivity contribution in [2.75, 3.05) is 38.3 Å². The van der Waals surface area contributed by atoms with Gasteiger partial charge >= 0.3 is 0 Å². The van der Waals surface area contributed by atoms with E-state index in [1.807, 2.05) is 10.7 Å². The van der Waals surface area contributed by atoms with Crippen molar-refractivity contribution in [3.63, 3.8) is 0 Å². The molecule has 2 heterocycles. The maximum Gasteiger partial charge on any atom is 0.245 e. The maximum absolute atomic E-state index is 5.50. The lowest BCUT2D eigenvalue weighted by Crippen LogP contribution is -2.29. The Labute approximate surface area is 136 Å². The second kappa shape index (κ2) is 7.41. The highest BCUT2D eigenvalue weighted by molar-refractivity contribution is 5.37. The number of aromatic nitrogens is 4. The number of anilines is 1. The Hall–Kier alpha value is -2.15. The summed E-state index contributed by atoms with van der Waals surface area (Å²) in [7, 11) is 1.70. The van der Waals surface area contributed by atoms with Gasteiger partial charge in [0.15, 0.2) is 0 Å². The Morgan fingerprint density at radius 2 is 2.17 bits per heavy atom. The molecule has 23 heavy (non-hydrogen) atoms. The summed E-state index contributed by atoms with van der Waals surface area (Å²) < 4.78 is 12.8. The van der Waals surface area contributed by atoms with Crippen LogP contribution in [0.4, 0.5) is 5.95 Å². The Kier molecular flexibility index (Phi) is 5.07. The zero-order chi connectivity index (χ0) is 16.1. The van der Waals surface area contributed by atoms with Crippen LogP contribution in [0.5, 0.6) is 5.75 Å². The van der Waals surface area contributed by atoms with Crippen LogP contribution in [-0.2, 0) is 17.7 Å². The Bertz CT molecular complexity index is 635. The van der Waals surface area contributed by atoms with Gasteiger partial charge in [-0.05, 0) is 41.8 Å². The lowest BCUT2D eigenvalue weighted by molar-refractivity contribution is 0.152. The number of ether oxygens (including phenoxy) is 2. The largest absolute Gasteiger partial charge is 0.496 e. The van der Waals surface area contributed by atoms with Crippen molar-refractivity contribution in [3.05, 3.63) is 29.3 Å². The van der Waals surface area contributed by atoms with Gasteiger partial charge in [-0.2, -0.15) is 0 Å². The number of rotatable bonds is 5. The van der Waals surface area contributed by atoms with Crippen molar-refractivity contribution in [2.24, 2.45) is 0 Å². The first kappa shape index (κ1) is 15.7. The molecule has 0 spiro atoms. The molecule has 0 atom stereocenters. The molecule has 2 aromatic rings. The summed E-state index contributed by atoms with van der Waals surface area (Å²) in [6.07, 6.45) is 1.83. The molecule has 0 N–H and O–H groups in total. The van der Waals surface area contributed by atoms with Crippen LogP contribution in [0, 0.1) is 6.92 Å². The van der Waals surface area contributed by atoms with Gasteiger partial charge in [0.1, 0.15) is 5.75 Å². The third-order valence-corrected chi connectivity index (χ3v) is 4.05. The van der Waals surface area contributed by atoms with Gasteiger partial charge in [-0.1, -0.05) is 22.8 Å². The van der Waals surface area contributed by atoms with E-state index in [0.29, 0.717) is 0 Å². The molecule has 0 radical (unpaired) electrons. The van der Waals surface area contributed by atoms with E-state index < -0.39 is 0 Å². The quantitative estimate of drug-likeness (QED) is 0.832. The molecule has 1 aromatic heterocycles. The monoisotopic (exact) mass is 317 g/mol. The van der Waals surface area contributed by atoms with Crippen molar-refractivity contribution in [1.29, 1.82) is 0 Å². The molecule has 7 nitrogen and oxygen atoms in total. The number of methoxy groups -OCH3 is 1. The normalized spacial score (nSPS) is 15.5. The number of tetrazole rings is 1. The molecule has 0 amide bonds. The van der Waals surface area contributed by atoms with Crippen LogP contribution < -0.4 is 9.64 Å². The second-order valence-corrected chi connectivity index (χ2v) is 5.72. The van der Waals surface area contributed by atoms with Crippen molar-refractivity contribution in [2.45, 2.75) is 26.3 Å². The predicted octanol–water partition coefficient (Wildman–Crippen LogP) is 1.46. The molecule has 0 bridgehead atoms. The minimum absolute atomic E-state index is 0.721.